The van der Waals surface area contributed by atoms with Crippen molar-refractivity contribution in [3.63, 3.8) is 0 Å². The molecule has 4 nitrogen and oxygen atoms in total. The molecule has 1 heterocycles. The molecule has 0 aromatic carbocycles. The zero-order valence-electron chi connectivity index (χ0n) is 12.4. The van der Waals surface area contributed by atoms with Gasteiger partial charge in [-0.15, -0.1) is 12.4 Å². The van der Waals surface area contributed by atoms with Crippen molar-refractivity contribution < 1.29 is 9.53 Å². The Bertz CT molecular complexity index is 262. The van der Waals surface area contributed by atoms with Crippen LogP contribution in [0.2, 0.25) is 0 Å². The number of amides is 1. The molecule has 0 spiro atoms. The van der Waals surface area contributed by atoms with Crippen molar-refractivity contribution in [1.29, 1.82) is 0 Å². The highest BCUT2D eigenvalue weighted by atomic mass is 35.5. The van der Waals surface area contributed by atoms with Crippen molar-refractivity contribution in [3.05, 3.63) is 0 Å². The molecule has 1 fully saturated rings. The zero-order chi connectivity index (χ0) is 13.5. The minimum atomic E-state index is 0. The number of hydrogen-bond acceptors (Lipinski definition) is 3. The molecule has 0 aliphatic carbocycles. The van der Waals surface area contributed by atoms with E-state index in [0.717, 1.165) is 25.8 Å². The normalized spacial score (nSPS) is 21.1. The molecule has 114 valence electrons. The van der Waals surface area contributed by atoms with Gasteiger partial charge in [-0.3, -0.25) is 4.79 Å². The Balaban J connectivity index is 0.00000324. The van der Waals surface area contributed by atoms with E-state index in [9.17, 15) is 4.79 Å². The second-order valence-corrected chi connectivity index (χ2v) is 5.80. The maximum Gasteiger partial charge on any atom is 0.224 e. The van der Waals surface area contributed by atoms with Gasteiger partial charge < -0.3 is 15.4 Å². The fraction of sp³-hybridized carbons (Fsp3) is 0.929. The summed E-state index contributed by atoms with van der Waals surface area (Å²) in [5.74, 6) is 0.817. The minimum absolute atomic E-state index is 0. The van der Waals surface area contributed by atoms with Crippen molar-refractivity contribution in [3.8, 4) is 0 Å². The number of hydrogen-bond donors (Lipinski definition) is 1. The molecule has 1 amide bonds. The van der Waals surface area contributed by atoms with Crippen LogP contribution in [0.3, 0.4) is 0 Å². The molecule has 0 radical (unpaired) electrons. The van der Waals surface area contributed by atoms with Crippen LogP contribution in [0, 0.1) is 5.92 Å². The van der Waals surface area contributed by atoms with Crippen LogP contribution >= 0.6 is 12.4 Å². The summed E-state index contributed by atoms with van der Waals surface area (Å²) in [6, 6.07) is 0.156. The third-order valence-corrected chi connectivity index (χ3v) is 3.33. The van der Waals surface area contributed by atoms with Gasteiger partial charge in [-0.05, 0) is 32.1 Å². The Morgan fingerprint density at radius 2 is 2.11 bits per heavy atom. The Morgan fingerprint density at radius 1 is 1.42 bits per heavy atom. The summed E-state index contributed by atoms with van der Waals surface area (Å²) in [5.41, 5.74) is 5.87. The Hall–Kier alpha value is -0.320. The van der Waals surface area contributed by atoms with E-state index in [1.165, 1.54) is 0 Å². The van der Waals surface area contributed by atoms with Crippen LogP contribution in [0.15, 0.2) is 0 Å². The first-order chi connectivity index (χ1) is 8.49. The van der Waals surface area contributed by atoms with Gasteiger partial charge in [-0.1, -0.05) is 13.8 Å². The van der Waals surface area contributed by atoms with Gasteiger partial charge in [-0.2, -0.15) is 0 Å². The molecular formula is C14H29ClN2O2. The van der Waals surface area contributed by atoms with Gasteiger partial charge in [0.1, 0.15) is 0 Å². The molecule has 1 aliphatic heterocycles. The highest BCUT2D eigenvalue weighted by Gasteiger charge is 2.20. The predicted octanol–water partition coefficient (Wildman–Crippen LogP) is 2.20. The second-order valence-electron chi connectivity index (χ2n) is 5.80. The fourth-order valence-electron chi connectivity index (χ4n) is 2.47. The summed E-state index contributed by atoms with van der Waals surface area (Å²) in [5, 5.41) is 0. The topological polar surface area (TPSA) is 55.6 Å². The lowest BCUT2D eigenvalue weighted by Gasteiger charge is -2.31. The molecule has 5 heteroatoms. The summed E-state index contributed by atoms with van der Waals surface area (Å²) in [6.45, 7) is 8.52. The number of piperidine rings is 1. The third kappa shape index (κ3) is 7.75. The van der Waals surface area contributed by atoms with Crippen molar-refractivity contribution in [1.82, 2.24) is 4.90 Å². The molecule has 0 saturated carbocycles. The molecule has 2 atom stereocenters. The SMILES string of the molecule is CC(C)CC(C)OCCC(=O)N1CCCC(N)C1.Cl. The molecular weight excluding hydrogens is 264 g/mol. The number of carbonyl (C=O) groups is 1. The van der Waals surface area contributed by atoms with Gasteiger partial charge in [0.15, 0.2) is 0 Å². The van der Waals surface area contributed by atoms with Gasteiger partial charge >= 0.3 is 0 Å². The van der Waals surface area contributed by atoms with Gasteiger partial charge in [0.05, 0.1) is 19.1 Å². The summed E-state index contributed by atoms with van der Waals surface area (Å²) in [4.78, 5) is 13.8. The summed E-state index contributed by atoms with van der Waals surface area (Å²) >= 11 is 0. The van der Waals surface area contributed by atoms with Crippen molar-refractivity contribution >= 4 is 18.3 Å². The molecule has 0 aromatic heterocycles. The number of nitrogens with two attached hydrogens (primary N) is 1. The average Bonchev–Trinajstić information content (AvgIpc) is 2.27. The Morgan fingerprint density at radius 3 is 2.68 bits per heavy atom. The van der Waals surface area contributed by atoms with E-state index in [2.05, 4.69) is 20.8 Å². The van der Waals surface area contributed by atoms with Gasteiger partial charge in [0.25, 0.3) is 0 Å². The first kappa shape index (κ1) is 18.7. The van der Waals surface area contributed by atoms with Gasteiger partial charge in [0, 0.05) is 19.1 Å². The van der Waals surface area contributed by atoms with Crippen molar-refractivity contribution in [2.24, 2.45) is 11.7 Å². The quantitative estimate of drug-likeness (QED) is 0.816. The average molecular weight is 293 g/mol. The van der Waals surface area contributed by atoms with E-state index in [0.29, 0.717) is 25.5 Å². The lowest BCUT2D eigenvalue weighted by atomic mass is 10.1. The van der Waals surface area contributed by atoms with E-state index < -0.39 is 0 Å². The number of nitrogens with zero attached hydrogens (tertiary/aromatic N) is 1. The maximum atomic E-state index is 11.9. The minimum Gasteiger partial charge on any atom is -0.378 e. The smallest absolute Gasteiger partial charge is 0.224 e. The third-order valence-electron chi connectivity index (χ3n) is 3.33. The molecule has 1 rings (SSSR count). The van der Waals surface area contributed by atoms with E-state index in [1.807, 2.05) is 4.90 Å². The van der Waals surface area contributed by atoms with Crippen LogP contribution in [0.1, 0.15) is 46.5 Å². The van der Waals surface area contributed by atoms with Crippen LogP contribution in [0.25, 0.3) is 0 Å². The van der Waals surface area contributed by atoms with Crippen LogP contribution in [-0.2, 0) is 9.53 Å². The van der Waals surface area contributed by atoms with E-state index in [1.54, 1.807) is 0 Å². The highest BCUT2D eigenvalue weighted by molar-refractivity contribution is 5.85. The van der Waals surface area contributed by atoms with Crippen molar-refractivity contribution in [2.45, 2.75) is 58.6 Å². The van der Waals surface area contributed by atoms with Gasteiger partial charge in [0.2, 0.25) is 5.91 Å². The summed E-state index contributed by atoms with van der Waals surface area (Å²) < 4.78 is 5.66. The van der Waals surface area contributed by atoms with E-state index >= 15 is 0 Å². The molecule has 2 unspecified atom stereocenters. The lowest BCUT2D eigenvalue weighted by molar-refractivity contribution is -0.133. The summed E-state index contributed by atoms with van der Waals surface area (Å²) in [7, 11) is 0. The number of halogens is 1. The Labute approximate surface area is 123 Å². The molecule has 2 N–H and O–H groups in total. The lowest BCUT2D eigenvalue weighted by Crippen LogP contribution is -2.46. The number of rotatable bonds is 6. The Kier molecular flexibility index (Phi) is 9.40. The number of carbonyl (C=O) groups excluding carboxylic acids is 1. The first-order valence-electron chi connectivity index (χ1n) is 7.14. The molecule has 0 bridgehead atoms. The van der Waals surface area contributed by atoms with Crippen LogP contribution in [-0.4, -0.2) is 42.6 Å². The second kappa shape index (κ2) is 9.56. The highest BCUT2D eigenvalue weighted by Crippen LogP contribution is 2.11. The maximum absolute atomic E-state index is 11.9. The fourth-order valence-corrected chi connectivity index (χ4v) is 2.47. The molecule has 19 heavy (non-hydrogen) atoms. The predicted molar refractivity (Wildman–Crippen MR) is 80.5 cm³/mol. The zero-order valence-corrected chi connectivity index (χ0v) is 13.2. The van der Waals surface area contributed by atoms with Crippen LogP contribution < -0.4 is 5.73 Å². The summed E-state index contributed by atoms with van der Waals surface area (Å²) in [6.07, 6.45) is 3.82. The number of ether oxygens (including phenoxy) is 1. The monoisotopic (exact) mass is 292 g/mol. The molecule has 1 aliphatic rings. The van der Waals surface area contributed by atoms with E-state index in [4.69, 9.17) is 10.5 Å². The van der Waals surface area contributed by atoms with Gasteiger partial charge in [-0.25, -0.2) is 0 Å². The van der Waals surface area contributed by atoms with Crippen LogP contribution in [0.4, 0.5) is 0 Å². The molecule has 0 aromatic rings. The number of likely N-dealkylation sites (tertiary alicyclic amines) is 1. The first-order valence-corrected chi connectivity index (χ1v) is 7.14. The van der Waals surface area contributed by atoms with Crippen molar-refractivity contribution in [2.75, 3.05) is 19.7 Å². The van der Waals surface area contributed by atoms with E-state index in [-0.39, 0.29) is 30.5 Å². The largest absolute Gasteiger partial charge is 0.378 e. The van der Waals surface area contributed by atoms with Crippen LogP contribution in [0.5, 0.6) is 0 Å². The molecule has 1 saturated heterocycles. The standard InChI is InChI=1S/C14H28N2O2.ClH/c1-11(2)9-12(3)18-8-6-14(17)16-7-4-5-13(15)10-16;/h11-13H,4-10,15H2,1-3H3;1H.